The molecule has 0 atom stereocenters. The van der Waals surface area contributed by atoms with Crippen LogP contribution in [0, 0.1) is 5.82 Å². The lowest BCUT2D eigenvalue weighted by Crippen LogP contribution is -2.12. The monoisotopic (exact) mass is 421 g/mol. The molecule has 4 rings (SSSR count). The van der Waals surface area contributed by atoms with Crippen LogP contribution in [0.4, 0.5) is 15.9 Å². The molecular weight excluding hydrogens is 405 g/mol. The summed E-state index contributed by atoms with van der Waals surface area (Å²) in [5, 5.41) is 6.43. The lowest BCUT2D eigenvalue weighted by atomic mass is 10.2. The topological polar surface area (TPSA) is 71.8 Å². The summed E-state index contributed by atoms with van der Waals surface area (Å²) in [7, 11) is 0. The molecule has 0 bridgehead atoms. The number of pyridine rings is 1. The second-order valence-electron chi connectivity index (χ2n) is 6.51. The van der Waals surface area contributed by atoms with Gasteiger partial charge in [-0.1, -0.05) is 23.7 Å². The Morgan fingerprint density at radius 1 is 1.13 bits per heavy atom. The molecule has 4 aromatic rings. The van der Waals surface area contributed by atoms with Crippen molar-refractivity contribution < 1.29 is 9.18 Å². The van der Waals surface area contributed by atoms with E-state index >= 15 is 0 Å². The van der Waals surface area contributed by atoms with Gasteiger partial charge in [0.2, 0.25) is 0 Å². The first-order chi connectivity index (χ1) is 14.6. The molecule has 0 aliphatic heterocycles. The molecule has 1 amide bonds. The van der Waals surface area contributed by atoms with Crippen molar-refractivity contribution in [3.63, 3.8) is 0 Å². The van der Waals surface area contributed by atoms with Crippen molar-refractivity contribution in [3.05, 3.63) is 101 Å². The minimum atomic E-state index is -0.340. The van der Waals surface area contributed by atoms with Crippen molar-refractivity contribution in [2.24, 2.45) is 0 Å². The fraction of sp³-hybridized carbons (Fsp3) is 0.0455. The van der Waals surface area contributed by atoms with Crippen molar-refractivity contribution in [2.75, 3.05) is 10.6 Å². The summed E-state index contributed by atoms with van der Waals surface area (Å²) in [6, 6.07) is 15.3. The summed E-state index contributed by atoms with van der Waals surface area (Å²) in [5.41, 5.74) is 2.22. The highest BCUT2D eigenvalue weighted by Crippen LogP contribution is 2.18. The Bertz CT molecular complexity index is 1160. The number of anilines is 2. The van der Waals surface area contributed by atoms with Crippen LogP contribution in [0.3, 0.4) is 0 Å². The van der Waals surface area contributed by atoms with Crippen LogP contribution in [0.15, 0.2) is 79.5 Å². The number of carbonyl (C=O) groups is 1. The number of amides is 1. The minimum Gasteiger partial charge on any atom is -0.366 e. The van der Waals surface area contributed by atoms with Crippen LogP contribution in [0.25, 0.3) is 5.69 Å². The van der Waals surface area contributed by atoms with Crippen LogP contribution >= 0.6 is 11.6 Å². The third kappa shape index (κ3) is 4.64. The molecule has 6 nitrogen and oxygen atoms in total. The third-order valence-electron chi connectivity index (χ3n) is 4.38. The average Bonchev–Trinajstić information content (AvgIpc) is 3.27. The standard InChI is InChI=1S/C22H17ClFN5O/c23-17-2-1-3-18(11-17)28-22(30)16-5-7-21(27-13-16)26-12-15-4-6-20(19(24)10-15)29-9-8-25-14-29/h1-11,13-14H,12H2,(H,26,27)(H,28,30). The van der Waals surface area contributed by atoms with Crippen molar-refractivity contribution in [1.82, 2.24) is 14.5 Å². The molecule has 30 heavy (non-hydrogen) atoms. The summed E-state index contributed by atoms with van der Waals surface area (Å²) in [6.45, 7) is 0.391. The molecule has 0 saturated carbocycles. The van der Waals surface area contributed by atoms with Gasteiger partial charge in [0, 0.05) is 35.8 Å². The van der Waals surface area contributed by atoms with Crippen molar-refractivity contribution in [2.45, 2.75) is 6.54 Å². The zero-order valence-corrected chi connectivity index (χ0v) is 16.5. The van der Waals surface area contributed by atoms with Gasteiger partial charge in [-0.25, -0.2) is 14.4 Å². The van der Waals surface area contributed by atoms with Gasteiger partial charge in [0.05, 0.1) is 17.6 Å². The first-order valence-corrected chi connectivity index (χ1v) is 9.50. The number of nitrogens with zero attached hydrogens (tertiary/aromatic N) is 3. The van der Waals surface area contributed by atoms with E-state index in [1.54, 1.807) is 65.8 Å². The van der Waals surface area contributed by atoms with Gasteiger partial charge in [-0.2, -0.15) is 0 Å². The van der Waals surface area contributed by atoms with Gasteiger partial charge >= 0.3 is 0 Å². The van der Waals surface area contributed by atoms with Crippen LogP contribution in [0.2, 0.25) is 5.02 Å². The van der Waals surface area contributed by atoms with Crippen molar-refractivity contribution in [1.29, 1.82) is 0 Å². The van der Waals surface area contributed by atoms with E-state index in [0.29, 0.717) is 34.3 Å². The largest absolute Gasteiger partial charge is 0.366 e. The van der Waals surface area contributed by atoms with Crippen LogP contribution < -0.4 is 10.6 Å². The molecule has 0 spiro atoms. The number of hydrogen-bond acceptors (Lipinski definition) is 4. The molecule has 8 heteroatoms. The molecule has 2 aromatic heterocycles. The van der Waals surface area contributed by atoms with Gasteiger partial charge in [0.25, 0.3) is 5.91 Å². The van der Waals surface area contributed by atoms with Gasteiger partial charge in [-0.05, 0) is 48.0 Å². The van der Waals surface area contributed by atoms with E-state index < -0.39 is 0 Å². The number of hydrogen-bond donors (Lipinski definition) is 2. The van der Waals surface area contributed by atoms with Crippen LogP contribution in [-0.4, -0.2) is 20.4 Å². The van der Waals surface area contributed by atoms with Crippen LogP contribution in [-0.2, 0) is 6.54 Å². The molecule has 2 aromatic carbocycles. The average molecular weight is 422 g/mol. The Kier molecular flexibility index (Phi) is 5.72. The fourth-order valence-electron chi connectivity index (χ4n) is 2.87. The molecule has 0 radical (unpaired) electrons. The summed E-state index contributed by atoms with van der Waals surface area (Å²) < 4.78 is 16.0. The Morgan fingerprint density at radius 3 is 2.73 bits per heavy atom. The number of nitrogens with one attached hydrogen (secondary N) is 2. The second-order valence-corrected chi connectivity index (χ2v) is 6.94. The Labute approximate surface area is 177 Å². The highest BCUT2D eigenvalue weighted by molar-refractivity contribution is 6.30. The van der Waals surface area contributed by atoms with E-state index in [1.807, 2.05) is 6.07 Å². The molecular formula is C22H17ClFN5O. The Balaban J connectivity index is 1.37. The number of imidazole rings is 1. The maximum atomic E-state index is 14.3. The highest BCUT2D eigenvalue weighted by Gasteiger charge is 2.08. The summed E-state index contributed by atoms with van der Waals surface area (Å²) >= 11 is 5.93. The predicted octanol–water partition coefficient (Wildman–Crippen LogP) is 4.92. The van der Waals surface area contributed by atoms with E-state index in [9.17, 15) is 9.18 Å². The number of halogens is 2. The SMILES string of the molecule is O=C(Nc1cccc(Cl)c1)c1ccc(NCc2ccc(-n3ccnc3)c(F)c2)nc1. The number of carbonyl (C=O) groups excluding carboxylic acids is 1. The molecule has 2 heterocycles. The molecule has 0 aliphatic rings. The van der Waals surface area contributed by atoms with E-state index in [0.717, 1.165) is 5.56 Å². The van der Waals surface area contributed by atoms with E-state index in [2.05, 4.69) is 20.6 Å². The van der Waals surface area contributed by atoms with E-state index in [1.165, 1.54) is 12.3 Å². The fourth-order valence-corrected chi connectivity index (χ4v) is 3.06. The first kappa shape index (κ1) is 19.6. The summed E-state index contributed by atoms with van der Waals surface area (Å²) in [5.74, 6) is -0.0461. The van der Waals surface area contributed by atoms with Gasteiger partial charge in [0.15, 0.2) is 0 Å². The Morgan fingerprint density at radius 2 is 2.03 bits per heavy atom. The predicted molar refractivity (Wildman–Crippen MR) is 114 cm³/mol. The molecule has 0 saturated heterocycles. The number of rotatable bonds is 6. The summed E-state index contributed by atoms with van der Waals surface area (Å²) in [6.07, 6.45) is 6.30. The smallest absolute Gasteiger partial charge is 0.257 e. The maximum Gasteiger partial charge on any atom is 0.257 e. The van der Waals surface area contributed by atoms with Gasteiger partial charge in [-0.15, -0.1) is 0 Å². The lowest BCUT2D eigenvalue weighted by Gasteiger charge is -2.09. The normalized spacial score (nSPS) is 10.6. The highest BCUT2D eigenvalue weighted by atomic mass is 35.5. The van der Waals surface area contributed by atoms with Crippen LogP contribution in [0.5, 0.6) is 0 Å². The van der Waals surface area contributed by atoms with Gasteiger partial charge in [-0.3, -0.25) is 4.79 Å². The van der Waals surface area contributed by atoms with E-state index in [-0.39, 0.29) is 11.7 Å². The van der Waals surface area contributed by atoms with Crippen LogP contribution in [0.1, 0.15) is 15.9 Å². The molecule has 150 valence electrons. The van der Waals surface area contributed by atoms with Crippen molar-refractivity contribution >= 4 is 29.0 Å². The lowest BCUT2D eigenvalue weighted by molar-refractivity contribution is 0.102. The van der Waals surface area contributed by atoms with Crippen molar-refractivity contribution in [3.8, 4) is 5.69 Å². The quantitative estimate of drug-likeness (QED) is 0.463. The molecule has 0 fully saturated rings. The second kappa shape index (κ2) is 8.75. The molecule has 0 unspecified atom stereocenters. The van der Waals surface area contributed by atoms with Gasteiger partial charge < -0.3 is 15.2 Å². The number of aromatic nitrogens is 3. The van der Waals surface area contributed by atoms with Gasteiger partial charge in [0.1, 0.15) is 11.6 Å². The zero-order chi connectivity index (χ0) is 20.9. The number of benzene rings is 2. The molecule has 0 aliphatic carbocycles. The summed E-state index contributed by atoms with van der Waals surface area (Å²) in [4.78, 5) is 20.5. The zero-order valence-electron chi connectivity index (χ0n) is 15.7. The Hall–Kier alpha value is -3.71. The first-order valence-electron chi connectivity index (χ1n) is 9.12. The van der Waals surface area contributed by atoms with E-state index in [4.69, 9.17) is 11.6 Å². The molecule has 2 N–H and O–H groups in total. The minimum absolute atomic E-state index is 0.284. The maximum absolute atomic E-state index is 14.3. The third-order valence-corrected chi connectivity index (χ3v) is 4.61.